The van der Waals surface area contributed by atoms with Crippen LogP contribution in [0.3, 0.4) is 0 Å². The van der Waals surface area contributed by atoms with Crippen LogP contribution in [0.2, 0.25) is 0 Å². The topological polar surface area (TPSA) is 21.3 Å². The molecule has 0 spiro atoms. The zero-order valence-electron chi connectivity index (χ0n) is 10.2. The van der Waals surface area contributed by atoms with Gasteiger partial charge in [-0.05, 0) is 17.7 Å². The van der Waals surface area contributed by atoms with Crippen molar-refractivity contribution in [2.24, 2.45) is 0 Å². The lowest BCUT2D eigenvalue weighted by Gasteiger charge is -2.05. The molecule has 0 saturated heterocycles. The Bertz CT molecular complexity index is 342. The predicted octanol–water partition coefficient (Wildman–Crippen LogP) is 2.54. The maximum atomic E-state index is 5.21. The molecule has 0 bridgehead atoms. The first-order chi connectivity index (χ1) is 8.36. The van der Waals surface area contributed by atoms with Crippen LogP contribution in [-0.4, -0.2) is 26.0 Å². The summed E-state index contributed by atoms with van der Waals surface area (Å²) in [6, 6.07) is 8.60. The zero-order valence-corrected chi connectivity index (χ0v) is 11.1. The number of hydrogen-bond acceptors (Lipinski definition) is 3. The van der Waals surface area contributed by atoms with E-state index in [1.54, 1.807) is 18.9 Å². The molecule has 3 heteroatoms. The van der Waals surface area contributed by atoms with Gasteiger partial charge in [0.05, 0.1) is 6.61 Å². The second-order valence-electron chi connectivity index (χ2n) is 3.62. The highest BCUT2D eigenvalue weighted by atomic mass is 32.2. The average molecular weight is 249 g/mol. The fourth-order valence-corrected chi connectivity index (χ4v) is 2.12. The van der Waals surface area contributed by atoms with Gasteiger partial charge >= 0.3 is 0 Å². The Morgan fingerprint density at radius 3 is 2.76 bits per heavy atom. The molecule has 0 amide bonds. The lowest BCUT2D eigenvalue weighted by Crippen LogP contribution is -2.18. The first kappa shape index (κ1) is 14.1. The van der Waals surface area contributed by atoms with Gasteiger partial charge in [-0.1, -0.05) is 12.1 Å². The Kier molecular flexibility index (Phi) is 7.57. The van der Waals surface area contributed by atoms with Crippen molar-refractivity contribution < 1.29 is 4.74 Å². The zero-order chi connectivity index (χ0) is 12.3. The number of ether oxygens (including phenoxy) is 1. The van der Waals surface area contributed by atoms with E-state index in [0.717, 1.165) is 31.9 Å². The second-order valence-corrected chi connectivity index (χ2v) is 4.78. The molecule has 0 fully saturated rings. The molecule has 1 aromatic rings. The van der Waals surface area contributed by atoms with Gasteiger partial charge in [0.2, 0.25) is 0 Å². The minimum Gasteiger partial charge on any atom is -0.383 e. The minimum absolute atomic E-state index is 0.750. The van der Waals surface area contributed by atoms with Crippen molar-refractivity contribution in [3.63, 3.8) is 0 Å². The Labute approximate surface area is 108 Å². The highest BCUT2D eigenvalue weighted by Gasteiger charge is 1.95. The van der Waals surface area contributed by atoms with E-state index in [2.05, 4.69) is 35.5 Å². The Balaban J connectivity index is 2.27. The molecule has 1 rings (SSSR count). The Morgan fingerprint density at radius 2 is 2.12 bits per heavy atom. The summed E-state index contributed by atoms with van der Waals surface area (Å²) in [5.74, 6) is 3.63. The number of methoxy groups -OCH3 is 1. The second kappa shape index (κ2) is 9.12. The molecule has 1 aromatic carbocycles. The van der Waals surface area contributed by atoms with Crippen LogP contribution >= 0.6 is 11.8 Å². The first-order valence-electron chi connectivity index (χ1n) is 5.71. The lowest BCUT2D eigenvalue weighted by molar-refractivity contribution is 0.199. The predicted molar refractivity (Wildman–Crippen MR) is 74.2 cm³/mol. The standard InChI is InChI=1S/C14H19NOS/c1-3-4-11-17-14-7-5-13(6-8-14)12-15-9-10-16-2/h1,5-8,15H,4,9-12H2,2H3. The molecule has 0 aromatic heterocycles. The fourth-order valence-electron chi connectivity index (χ4n) is 1.34. The summed E-state index contributed by atoms with van der Waals surface area (Å²) in [4.78, 5) is 1.28. The van der Waals surface area contributed by atoms with E-state index >= 15 is 0 Å². The van der Waals surface area contributed by atoms with Gasteiger partial charge in [-0.3, -0.25) is 0 Å². The largest absolute Gasteiger partial charge is 0.383 e. The molecule has 92 valence electrons. The first-order valence-corrected chi connectivity index (χ1v) is 6.70. The van der Waals surface area contributed by atoms with Gasteiger partial charge in [0, 0.05) is 37.3 Å². The van der Waals surface area contributed by atoms with Crippen LogP contribution in [-0.2, 0) is 11.3 Å². The van der Waals surface area contributed by atoms with Crippen LogP contribution in [0.5, 0.6) is 0 Å². The number of rotatable bonds is 8. The van der Waals surface area contributed by atoms with E-state index in [-0.39, 0.29) is 0 Å². The molecule has 0 aliphatic heterocycles. The molecule has 0 saturated carbocycles. The maximum absolute atomic E-state index is 5.21. The minimum atomic E-state index is 0.750. The van der Waals surface area contributed by atoms with Gasteiger partial charge in [0.15, 0.2) is 0 Å². The van der Waals surface area contributed by atoms with E-state index in [1.165, 1.54) is 10.5 Å². The molecule has 1 N–H and O–H groups in total. The summed E-state index contributed by atoms with van der Waals surface area (Å²) in [6.45, 7) is 2.52. The summed E-state index contributed by atoms with van der Waals surface area (Å²) < 4.78 is 4.97. The van der Waals surface area contributed by atoms with E-state index < -0.39 is 0 Å². The Hall–Kier alpha value is -0.950. The third-order valence-electron chi connectivity index (χ3n) is 2.25. The highest BCUT2D eigenvalue weighted by Crippen LogP contribution is 2.18. The third-order valence-corrected chi connectivity index (χ3v) is 3.26. The molecular formula is C14H19NOS. The van der Waals surface area contributed by atoms with Crippen LogP contribution in [0.25, 0.3) is 0 Å². The number of thioether (sulfide) groups is 1. The molecule has 2 nitrogen and oxygen atoms in total. The molecule has 0 aliphatic carbocycles. The van der Waals surface area contributed by atoms with Gasteiger partial charge in [0.1, 0.15) is 0 Å². The van der Waals surface area contributed by atoms with Gasteiger partial charge in [0.25, 0.3) is 0 Å². The number of hydrogen-bond donors (Lipinski definition) is 1. The van der Waals surface area contributed by atoms with E-state index in [9.17, 15) is 0 Å². The molecule has 0 aliphatic rings. The van der Waals surface area contributed by atoms with Gasteiger partial charge in [-0.25, -0.2) is 0 Å². The molecular weight excluding hydrogens is 230 g/mol. The monoisotopic (exact) mass is 249 g/mol. The molecule has 17 heavy (non-hydrogen) atoms. The van der Waals surface area contributed by atoms with Crippen molar-refractivity contribution >= 4 is 11.8 Å². The summed E-state index contributed by atoms with van der Waals surface area (Å²) in [6.07, 6.45) is 6.04. The normalized spacial score (nSPS) is 10.1. The quantitative estimate of drug-likeness (QED) is 0.434. The fraction of sp³-hybridized carbons (Fsp3) is 0.429. The summed E-state index contributed by atoms with van der Waals surface area (Å²) in [5.41, 5.74) is 1.29. The smallest absolute Gasteiger partial charge is 0.0587 e. The van der Waals surface area contributed by atoms with E-state index in [4.69, 9.17) is 11.2 Å². The number of benzene rings is 1. The van der Waals surface area contributed by atoms with Crippen molar-refractivity contribution in [3.05, 3.63) is 29.8 Å². The van der Waals surface area contributed by atoms with Crippen molar-refractivity contribution in [1.82, 2.24) is 5.32 Å². The van der Waals surface area contributed by atoms with Gasteiger partial charge in [-0.2, -0.15) is 0 Å². The highest BCUT2D eigenvalue weighted by molar-refractivity contribution is 7.99. The average Bonchev–Trinajstić information content (AvgIpc) is 2.37. The van der Waals surface area contributed by atoms with Crippen molar-refractivity contribution in [2.45, 2.75) is 17.9 Å². The number of nitrogens with one attached hydrogen (secondary N) is 1. The van der Waals surface area contributed by atoms with Crippen molar-refractivity contribution in [1.29, 1.82) is 0 Å². The molecule has 0 radical (unpaired) electrons. The van der Waals surface area contributed by atoms with E-state index in [1.807, 2.05) is 0 Å². The molecule has 0 heterocycles. The van der Waals surface area contributed by atoms with Gasteiger partial charge < -0.3 is 10.1 Å². The SMILES string of the molecule is C#CCCSc1ccc(CNCCOC)cc1. The van der Waals surface area contributed by atoms with Gasteiger partial charge in [-0.15, -0.1) is 24.1 Å². The van der Waals surface area contributed by atoms with Crippen LogP contribution < -0.4 is 5.32 Å². The summed E-state index contributed by atoms with van der Waals surface area (Å²) >= 11 is 1.80. The van der Waals surface area contributed by atoms with Crippen LogP contribution in [0.15, 0.2) is 29.2 Å². The third kappa shape index (κ3) is 6.38. The van der Waals surface area contributed by atoms with Crippen LogP contribution in [0.1, 0.15) is 12.0 Å². The summed E-state index contributed by atoms with van der Waals surface area (Å²) in [5, 5.41) is 3.32. The van der Waals surface area contributed by atoms with E-state index in [0.29, 0.717) is 0 Å². The molecule has 0 atom stereocenters. The Morgan fingerprint density at radius 1 is 1.35 bits per heavy atom. The van der Waals surface area contributed by atoms with Crippen molar-refractivity contribution in [3.8, 4) is 12.3 Å². The van der Waals surface area contributed by atoms with Crippen molar-refractivity contribution in [2.75, 3.05) is 26.0 Å². The summed E-state index contributed by atoms with van der Waals surface area (Å²) in [7, 11) is 1.71. The molecule has 0 unspecified atom stereocenters. The maximum Gasteiger partial charge on any atom is 0.0587 e. The van der Waals surface area contributed by atoms with Crippen LogP contribution in [0.4, 0.5) is 0 Å². The van der Waals surface area contributed by atoms with Crippen LogP contribution in [0, 0.1) is 12.3 Å². The number of terminal acetylenes is 1. The lowest BCUT2D eigenvalue weighted by atomic mass is 10.2.